The molecule has 0 saturated heterocycles. The molecule has 0 radical (unpaired) electrons. The van der Waals surface area contributed by atoms with Gasteiger partial charge in [-0.2, -0.15) is 0 Å². The molecular formula is C27H32ClN3O3S. The molecule has 2 aromatic carbocycles. The van der Waals surface area contributed by atoms with Gasteiger partial charge in [-0.3, -0.25) is 4.79 Å². The number of phenols is 1. The van der Waals surface area contributed by atoms with Gasteiger partial charge in [0.1, 0.15) is 16.5 Å². The van der Waals surface area contributed by atoms with Crippen molar-refractivity contribution in [2.45, 2.75) is 52.6 Å². The number of rotatable bonds is 7. The number of phenolic OH excluding ortho intramolecular Hbond substituents is 1. The van der Waals surface area contributed by atoms with E-state index in [1.165, 1.54) is 0 Å². The molecule has 186 valence electrons. The fraction of sp³-hybridized carbons (Fsp3) is 0.333. The summed E-state index contributed by atoms with van der Waals surface area (Å²) < 4.78 is 6.27. The van der Waals surface area contributed by atoms with Crippen molar-refractivity contribution in [2.24, 2.45) is 4.99 Å². The molecule has 1 amide bonds. The number of carbonyl (C=O) groups excluding carboxylic acids is 1. The molecule has 0 saturated carbocycles. The van der Waals surface area contributed by atoms with Crippen LogP contribution in [-0.2, 0) is 17.6 Å². The van der Waals surface area contributed by atoms with E-state index in [9.17, 15) is 9.90 Å². The number of anilines is 1. The minimum absolute atomic E-state index is 0. The third-order valence-electron chi connectivity index (χ3n) is 6.58. The summed E-state index contributed by atoms with van der Waals surface area (Å²) in [4.78, 5) is 17.4. The summed E-state index contributed by atoms with van der Waals surface area (Å²) in [6, 6.07) is 12.0. The number of thiophene rings is 1. The van der Waals surface area contributed by atoms with E-state index in [4.69, 9.17) is 4.74 Å². The van der Waals surface area contributed by atoms with Crippen LogP contribution in [0.5, 0.6) is 11.5 Å². The number of nitrogens with one attached hydrogen (secondary N) is 2. The number of aliphatic imine (C=N–C) groups is 1. The smallest absolute Gasteiger partial charge is 0.263 e. The number of nitrogens with zero attached hydrogens (tertiary/aromatic N) is 1. The van der Waals surface area contributed by atoms with Crippen molar-refractivity contribution in [3.8, 4) is 11.5 Å². The van der Waals surface area contributed by atoms with Gasteiger partial charge in [0, 0.05) is 24.2 Å². The van der Waals surface area contributed by atoms with Gasteiger partial charge in [0.25, 0.3) is 5.91 Å². The number of benzene rings is 2. The van der Waals surface area contributed by atoms with E-state index in [0.717, 1.165) is 50.7 Å². The summed E-state index contributed by atoms with van der Waals surface area (Å²) in [7, 11) is 0. The van der Waals surface area contributed by atoms with Crippen LogP contribution in [0.2, 0.25) is 0 Å². The highest BCUT2D eigenvalue weighted by Crippen LogP contribution is 2.43. The molecule has 3 N–H and O–H groups in total. The summed E-state index contributed by atoms with van der Waals surface area (Å²) in [5.74, 6) is 0.954. The number of fused-ring (bicyclic) bond motifs is 1. The van der Waals surface area contributed by atoms with E-state index in [1.807, 2.05) is 69.5 Å². The second-order valence-electron chi connectivity index (χ2n) is 8.92. The maximum Gasteiger partial charge on any atom is 0.263 e. The van der Waals surface area contributed by atoms with Gasteiger partial charge < -0.3 is 20.5 Å². The van der Waals surface area contributed by atoms with Crippen LogP contribution in [-0.4, -0.2) is 29.5 Å². The Morgan fingerprint density at radius 2 is 1.91 bits per heavy atom. The van der Waals surface area contributed by atoms with Gasteiger partial charge in [-0.25, -0.2) is 4.99 Å². The molecule has 1 unspecified atom stereocenters. The van der Waals surface area contributed by atoms with Crippen molar-refractivity contribution in [1.82, 2.24) is 5.32 Å². The Labute approximate surface area is 216 Å². The molecule has 4 rings (SSSR count). The maximum absolute atomic E-state index is 13.0. The van der Waals surface area contributed by atoms with E-state index >= 15 is 0 Å². The first kappa shape index (κ1) is 26.6. The van der Waals surface area contributed by atoms with Crippen molar-refractivity contribution < 1.29 is 14.6 Å². The fourth-order valence-electron chi connectivity index (χ4n) is 4.20. The standard InChI is InChI=1S/C27H31N3O3S.ClH/c1-17-18(2)25-22(19(3)24(17)31)11-13-27(4,33-25)26(32)28-14-12-20-7-9-21(10-8-20)29-16-30-23-6-5-15-34-23;/h5-10,15-16,31H,11-14H2,1-4H3,(H,28,32)(H,29,30);1H. The van der Waals surface area contributed by atoms with E-state index in [-0.39, 0.29) is 18.3 Å². The maximum atomic E-state index is 13.0. The number of hydrogen-bond donors (Lipinski definition) is 3. The van der Waals surface area contributed by atoms with Crippen molar-refractivity contribution >= 4 is 46.7 Å². The van der Waals surface area contributed by atoms with Gasteiger partial charge >= 0.3 is 0 Å². The van der Waals surface area contributed by atoms with Crippen molar-refractivity contribution in [1.29, 1.82) is 0 Å². The second kappa shape index (κ2) is 11.1. The highest BCUT2D eigenvalue weighted by molar-refractivity contribution is 7.13. The third kappa shape index (κ3) is 5.80. The monoisotopic (exact) mass is 513 g/mol. The molecule has 3 aromatic rings. The molecule has 1 aromatic heterocycles. The van der Waals surface area contributed by atoms with Gasteiger partial charge in [-0.05, 0) is 92.4 Å². The molecule has 0 aliphatic carbocycles. The first-order chi connectivity index (χ1) is 16.3. The fourth-order valence-corrected chi connectivity index (χ4v) is 4.76. The number of carbonyl (C=O) groups is 1. The van der Waals surface area contributed by atoms with Crippen molar-refractivity contribution in [3.05, 3.63) is 69.6 Å². The highest BCUT2D eigenvalue weighted by atomic mass is 35.5. The first-order valence-corrected chi connectivity index (χ1v) is 12.4. The number of aromatic hydroxyl groups is 1. The summed E-state index contributed by atoms with van der Waals surface area (Å²) in [6.45, 7) is 8.10. The molecule has 2 heterocycles. The van der Waals surface area contributed by atoms with Crippen LogP contribution in [0.25, 0.3) is 0 Å². The van der Waals surface area contributed by atoms with Gasteiger partial charge in [-0.15, -0.1) is 23.7 Å². The molecule has 1 atom stereocenters. The lowest BCUT2D eigenvalue weighted by Crippen LogP contribution is -2.51. The van der Waals surface area contributed by atoms with Crippen molar-refractivity contribution in [3.63, 3.8) is 0 Å². The molecule has 1 aliphatic rings. The summed E-state index contributed by atoms with van der Waals surface area (Å²) in [6.07, 6.45) is 3.69. The molecule has 0 spiro atoms. The minimum Gasteiger partial charge on any atom is -0.507 e. The van der Waals surface area contributed by atoms with Crippen LogP contribution < -0.4 is 15.4 Å². The molecule has 35 heavy (non-hydrogen) atoms. The van der Waals surface area contributed by atoms with E-state index in [1.54, 1.807) is 17.7 Å². The van der Waals surface area contributed by atoms with Crippen LogP contribution in [0.3, 0.4) is 0 Å². The summed E-state index contributed by atoms with van der Waals surface area (Å²) in [5, 5.41) is 19.5. The lowest BCUT2D eigenvalue weighted by molar-refractivity contribution is -0.136. The number of ether oxygens (including phenoxy) is 1. The first-order valence-electron chi connectivity index (χ1n) is 11.5. The minimum atomic E-state index is -0.927. The number of halogens is 1. The van der Waals surface area contributed by atoms with Crippen LogP contribution in [0.4, 0.5) is 10.7 Å². The molecule has 0 fully saturated rings. The number of hydrogen-bond acceptors (Lipinski definition) is 5. The van der Waals surface area contributed by atoms with Crippen LogP contribution in [0.1, 0.15) is 41.2 Å². The SMILES string of the molecule is Cc1c(C)c2c(c(C)c1O)CCC(C)(C(=O)NCCc1ccc(NC=Nc3cccs3)cc1)O2.Cl. The average Bonchev–Trinajstić information content (AvgIpc) is 3.36. The zero-order valence-electron chi connectivity index (χ0n) is 20.5. The molecular weight excluding hydrogens is 482 g/mol. The van der Waals surface area contributed by atoms with Crippen LogP contribution in [0.15, 0.2) is 46.8 Å². The summed E-state index contributed by atoms with van der Waals surface area (Å²) >= 11 is 1.59. The number of amides is 1. The Bertz CT molecular complexity index is 1210. The Balaban J connectivity index is 0.00000342. The van der Waals surface area contributed by atoms with Crippen LogP contribution in [0, 0.1) is 20.8 Å². The lowest BCUT2D eigenvalue weighted by Gasteiger charge is -2.36. The van der Waals surface area contributed by atoms with E-state index in [0.29, 0.717) is 25.1 Å². The Morgan fingerprint density at radius 3 is 2.60 bits per heavy atom. The predicted molar refractivity (Wildman–Crippen MR) is 146 cm³/mol. The van der Waals surface area contributed by atoms with E-state index in [2.05, 4.69) is 15.6 Å². The average molecular weight is 514 g/mol. The Hall–Kier alpha value is -3.03. The molecule has 0 bridgehead atoms. The second-order valence-corrected chi connectivity index (χ2v) is 9.85. The molecule has 8 heteroatoms. The molecule has 6 nitrogen and oxygen atoms in total. The van der Waals surface area contributed by atoms with Gasteiger partial charge in [0.2, 0.25) is 0 Å². The highest BCUT2D eigenvalue weighted by Gasteiger charge is 2.40. The van der Waals surface area contributed by atoms with E-state index < -0.39 is 5.60 Å². The van der Waals surface area contributed by atoms with Gasteiger partial charge in [0.15, 0.2) is 5.60 Å². The zero-order chi connectivity index (χ0) is 24.3. The quantitative estimate of drug-likeness (QED) is 0.266. The van der Waals surface area contributed by atoms with Gasteiger partial charge in [-0.1, -0.05) is 12.1 Å². The topological polar surface area (TPSA) is 83.0 Å². The normalized spacial score (nSPS) is 16.8. The van der Waals surface area contributed by atoms with Crippen molar-refractivity contribution in [2.75, 3.05) is 11.9 Å². The Kier molecular flexibility index (Phi) is 8.46. The lowest BCUT2D eigenvalue weighted by atomic mass is 9.86. The van der Waals surface area contributed by atoms with Gasteiger partial charge in [0.05, 0.1) is 6.34 Å². The van der Waals surface area contributed by atoms with Crippen LogP contribution >= 0.6 is 23.7 Å². The third-order valence-corrected chi connectivity index (χ3v) is 7.36. The zero-order valence-corrected chi connectivity index (χ0v) is 22.1. The largest absolute Gasteiger partial charge is 0.507 e. The predicted octanol–water partition coefficient (Wildman–Crippen LogP) is 6.02. The summed E-state index contributed by atoms with van der Waals surface area (Å²) in [5.41, 5.74) is 4.71. The Morgan fingerprint density at radius 1 is 1.17 bits per heavy atom. The molecule has 1 aliphatic heterocycles.